The van der Waals surface area contributed by atoms with E-state index < -0.39 is 0 Å². The van der Waals surface area contributed by atoms with E-state index in [0.29, 0.717) is 25.8 Å². The summed E-state index contributed by atoms with van der Waals surface area (Å²) in [5.41, 5.74) is 4.89. The molecule has 2 heterocycles. The van der Waals surface area contributed by atoms with E-state index >= 15 is 0 Å². The van der Waals surface area contributed by atoms with Gasteiger partial charge in [-0.2, -0.15) is 10.4 Å². The monoisotopic (exact) mass is 364 g/mol. The highest BCUT2D eigenvalue weighted by Crippen LogP contribution is 2.17. The molecule has 0 aliphatic heterocycles. The highest BCUT2D eigenvalue weighted by molar-refractivity contribution is 5.77. The van der Waals surface area contributed by atoms with Crippen molar-refractivity contribution in [2.45, 2.75) is 52.6 Å². The number of carbonyl (C=O) groups is 1. The van der Waals surface area contributed by atoms with Gasteiger partial charge in [-0.25, -0.2) is 4.98 Å². The molecule has 0 spiro atoms. The van der Waals surface area contributed by atoms with Crippen LogP contribution in [0.4, 0.5) is 0 Å². The summed E-state index contributed by atoms with van der Waals surface area (Å²) in [5.74, 6) is 0.729. The zero-order valence-electron chi connectivity index (χ0n) is 15.9. The van der Waals surface area contributed by atoms with E-state index in [1.165, 1.54) is 0 Å². The minimum atomic E-state index is -0.189. The van der Waals surface area contributed by atoms with Crippen LogP contribution in [-0.4, -0.2) is 25.7 Å². The van der Waals surface area contributed by atoms with Crippen LogP contribution in [0.25, 0.3) is 11.0 Å². The number of aryl methyl sites for hydroxylation is 2. The zero-order chi connectivity index (χ0) is 19.4. The van der Waals surface area contributed by atoms with Crippen molar-refractivity contribution in [1.29, 1.82) is 5.26 Å². The van der Waals surface area contributed by atoms with Gasteiger partial charge < -0.3 is 10.3 Å². The number of nitrogens with zero attached hydrogens (tertiary/aromatic N) is 4. The molecule has 1 aromatic carbocycles. The average molecular weight is 364 g/mol. The Kier molecular flexibility index (Phi) is 5.55. The number of nitriles is 1. The molecule has 7 heteroatoms. The molecule has 0 radical (unpaired) electrons. The average Bonchev–Trinajstić information content (AvgIpc) is 3.19. The van der Waals surface area contributed by atoms with E-state index in [4.69, 9.17) is 5.26 Å². The van der Waals surface area contributed by atoms with Crippen molar-refractivity contribution in [2.24, 2.45) is 0 Å². The number of benzene rings is 1. The molecule has 1 atom stereocenters. The summed E-state index contributed by atoms with van der Waals surface area (Å²) in [6.07, 6.45) is 1.44. The van der Waals surface area contributed by atoms with E-state index in [9.17, 15) is 4.79 Å². The maximum atomic E-state index is 12.4. The number of aromatic amines is 1. The predicted molar refractivity (Wildman–Crippen MR) is 103 cm³/mol. The first-order valence-electron chi connectivity index (χ1n) is 9.13. The van der Waals surface area contributed by atoms with E-state index in [1.54, 1.807) is 0 Å². The fraction of sp³-hybridized carbons (Fsp3) is 0.400. The maximum Gasteiger partial charge on any atom is 0.220 e. The normalized spacial score (nSPS) is 12.1. The Morgan fingerprint density at radius 2 is 2.15 bits per heavy atom. The lowest BCUT2D eigenvalue weighted by Gasteiger charge is -2.11. The van der Waals surface area contributed by atoms with Crippen LogP contribution in [0.2, 0.25) is 0 Å². The predicted octanol–water partition coefficient (Wildman–Crippen LogP) is 3.10. The number of hydrogen-bond acceptors (Lipinski definition) is 4. The van der Waals surface area contributed by atoms with Gasteiger partial charge >= 0.3 is 0 Å². The van der Waals surface area contributed by atoms with Crippen molar-refractivity contribution in [3.63, 3.8) is 0 Å². The van der Waals surface area contributed by atoms with Crippen LogP contribution in [0.5, 0.6) is 0 Å². The van der Waals surface area contributed by atoms with Crippen molar-refractivity contribution >= 4 is 16.9 Å². The summed E-state index contributed by atoms with van der Waals surface area (Å²) in [4.78, 5) is 20.2. The minimum absolute atomic E-state index is 0.0217. The highest BCUT2D eigenvalue weighted by atomic mass is 16.1. The third kappa shape index (κ3) is 4.17. The summed E-state index contributed by atoms with van der Waals surface area (Å²) < 4.78 is 1.85. The Morgan fingerprint density at radius 3 is 2.89 bits per heavy atom. The van der Waals surface area contributed by atoms with E-state index in [1.807, 2.05) is 49.7 Å². The highest BCUT2D eigenvalue weighted by Gasteiger charge is 2.16. The first-order valence-corrected chi connectivity index (χ1v) is 9.13. The number of para-hydroxylation sites is 2. The van der Waals surface area contributed by atoms with Crippen LogP contribution < -0.4 is 5.32 Å². The van der Waals surface area contributed by atoms with Crippen molar-refractivity contribution in [3.8, 4) is 6.07 Å². The third-order valence-corrected chi connectivity index (χ3v) is 4.76. The van der Waals surface area contributed by atoms with Gasteiger partial charge in [0, 0.05) is 12.1 Å². The van der Waals surface area contributed by atoms with Crippen LogP contribution >= 0.6 is 0 Å². The Morgan fingerprint density at radius 1 is 1.37 bits per heavy atom. The lowest BCUT2D eigenvalue weighted by Crippen LogP contribution is -2.27. The van der Waals surface area contributed by atoms with Gasteiger partial charge in [0.15, 0.2) is 0 Å². The minimum Gasteiger partial charge on any atom is -0.346 e. The fourth-order valence-corrected chi connectivity index (χ4v) is 3.27. The van der Waals surface area contributed by atoms with Gasteiger partial charge in [0.2, 0.25) is 5.91 Å². The number of hydrogen-bond donors (Lipinski definition) is 2. The van der Waals surface area contributed by atoms with Gasteiger partial charge in [0.1, 0.15) is 5.82 Å². The van der Waals surface area contributed by atoms with Gasteiger partial charge in [0.05, 0.1) is 41.8 Å². The number of imidazole rings is 1. The Labute approximate surface area is 158 Å². The number of amides is 1. The van der Waals surface area contributed by atoms with Crippen molar-refractivity contribution < 1.29 is 4.79 Å². The Balaban J connectivity index is 1.59. The second-order valence-electron chi connectivity index (χ2n) is 6.71. The molecule has 27 heavy (non-hydrogen) atoms. The van der Waals surface area contributed by atoms with Gasteiger partial charge in [-0.1, -0.05) is 12.1 Å². The molecule has 3 rings (SSSR count). The second kappa shape index (κ2) is 8.04. The van der Waals surface area contributed by atoms with Crippen LogP contribution in [-0.2, 0) is 17.8 Å². The zero-order valence-corrected chi connectivity index (χ0v) is 15.9. The molecule has 0 aliphatic rings. The lowest BCUT2D eigenvalue weighted by atomic mass is 10.1. The molecule has 2 N–H and O–H groups in total. The summed E-state index contributed by atoms with van der Waals surface area (Å²) in [6, 6.07) is 9.75. The molecule has 0 bridgehead atoms. The molecule has 140 valence electrons. The molecule has 2 aromatic heterocycles. The quantitative estimate of drug-likeness (QED) is 0.673. The number of H-pyrrole nitrogens is 1. The molecule has 0 fully saturated rings. The molecule has 3 aromatic rings. The molecule has 0 saturated heterocycles. The second-order valence-corrected chi connectivity index (χ2v) is 6.71. The molecule has 7 nitrogen and oxygen atoms in total. The largest absolute Gasteiger partial charge is 0.346 e. The Hall–Kier alpha value is -3.14. The molecule has 1 unspecified atom stereocenters. The maximum absolute atomic E-state index is 12.4. The van der Waals surface area contributed by atoms with Crippen LogP contribution in [0.1, 0.15) is 48.6 Å². The standard InChI is InChI=1S/C20H24N6O/c1-13-16(15(3)26(25-13)12-6-11-21)9-10-19(27)22-14(2)20-23-17-7-4-5-8-18(17)24-20/h4-5,7-8,14H,6,9-10,12H2,1-3H3,(H,22,27)(H,23,24). The molecular formula is C20H24N6O. The van der Waals surface area contributed by atoms with Crippen LogP contribution in [0.3, 0.4) is 0 Å². The number of carbonyl (C=O) groups excluding carboxylic acids is 1. The lowest BCUT2D eigenvalue weighted by molar-refractivity contribution is -0.121. The van der Waals surface area contributed by atoms with Gasteiger partial charge in [0.25, 0.3) is 0 Å². The van der Waals surface area contributed by atoms with Gasteiger partial charge in [-0.05, 0) is 44.9 Å². The molecule has 0 aliphatic carbocycles. The SMILES string of the molecule is Cc1nn(CCC#N)c(C)c1CCC(=O)NC(C)c1nc2ccccc2[nH]1. The topological polar surface area (TPSA) is 99.4 Å². The van der Waals surface area contributed by atoms with Crippen molar-refractivity contribution in [3.05, 3.63) is 47.0 Å². The summed E-state index contributed by atoms with van der Waals surface area (Å²) in [6.45, 7) is 6.44. The van der Waals surface area contributed by atoms with Crippen molar-refractivity contribution in [1.82, 2.24) is 25.1 Å². The van der Waals surface area contributed by atoms with Gasteiger partial charge in [-0.3, -0.25) is 9.48 Å². The first-order chi connectivity index (χ1) is 13.0. The molecule has 1 amide bonds. The van der Waals surface area contributed by atoms with Crippen LogP contribution in [0, 0.1) is 25.2 Å². The number of nitrogens with one attached hydrogen (secondary N) is 2. The first kappa shape index (κ1) is 18.6. The van der Waals surface area contributed by atoms with Crippen molar-refractivity contribution in [2.75, 3.05) is 0 Å². The van der Waals surface area contributed by atoms with E-state index in [0.717, 1.165) is 33.8 Å². The number of fused-ring (bicyclic) bond motifs is 1. The Bertz CT molecular complexity index is 961. The van der Waals surface area contributed by atoms with Gasteiger partial charge in [-0.15, -0.1) is 0 Å². The van der Waals surface area contributed by atoms with E-state index in [2.05, 4.69) is 26.5 Å². The van der Waals surface area contributed by atoms with E-state index in [-0.39, 0.29) is 11.9 Å². The number of rotatable bonds is 7. The molecule has 0 saturated carbocycles. The summed E-state index contributed by atoms with van der Waals surface area (Å²) in [5, 5.41) is 16.2. The number of aromatic nitrogens is 4. The smallest absolute Gasteiger partial charge is 0.220 e. The van der Waals surface area contributed by atoms with Crippen LogP contribution in [0.15, 0.2) is 24.3 Å². The fourth-order valence-electron chi connectivity index (χ4n) is 3.27. The summed E-state index contributed by atoms with van der Waals surface area (Å²) >= 11 is 0. The summed E-state index contributed by atoms with van der Waals surface area (Å²) in [7, 11) is 0. The molecular weight excluding hydrogens is 340 g/mol. The third-order valence-electron chi connectivity index (χ3n) is 4.76.